The van der Waals surface area contributed by atoms with Crippen molar-refractivity contribution < 1.29 is 47.9 Å². The molecular formula is C23H27O10S-. The van der Waals surface area contributed by atoms with Crippen LogP contribution in [0.5, 0.6) is 0 Å². The minimum Gasteiger partial charge on any atom is -0.865 e. The maximum atomic E-state index is 11.7. The van der Waals surface area contributed by atoms with Crippen molar-refractivity contribution in [2.24, 2.45) is 0 Å². The molecule has 1 aromatic carbocycles. The second-order valence-corrected chi connectivity index (χ2v) is 9.24. The van der Waals surface area contributed by atoms with Gasteiger partial charge in [-0.25, -0.2) is 9.68 Å². The van der Waals surface area contributed by atoms with Crippen LogP contribution in [0.3, 0.4) is 0 Å². The highest BCUT2D eigenvalue weighted by atomic mass is 32.2. The molecule has 1 saturated heterocycles. The van der Waals surface area contributed by atoms with E-state index in [2.05, 4.69) is 4.89 Å². The summed E-state index contributed by atoms with van der Waals surface area (Å²) in [6, 6.07) is 7.55. The van der Waals surface area contributed by atoms with Crippen molar-refractivity contribution in [1.82, 2.24) is 0 Å². The number of hydrogen-bond donors (Lipinski definition) is 1. The van der Waals surface area contributed by atoms with Gasteiger partial charge in [0.15, 0.2) is 11.9 Å². The Kier molecular flexibility index (Phi) is 6.87. The summed E-state index contributed by atoms with van der Waals surface area (Å²) in [5, 5.41) is 21.8. The maximum absolute atomic E-state index is 11.7. The van der Waals surface area contributed by atoms with Gasteiger partial charge in [0.05, 0.1) is 31.9 Å². The Labute approximate surface area is 201 Å². The third-order valence-electron chi connectivity index (χ3n) is 5.77. The zero-order valence-electron chi connectivity index (χ0n) is 19.5. The molecule has 0 saturated carbocycles. The van der Waals surface area contributed by atoms with Gasteiger partial charge in [-0.2, -0.15) is 4.33 Å². The van der Waals surface area contributed by atoms with Gasteiger partial charge in [0.1, 0.15) is 17.5 Å². The molecule has 0 radical (unpaired) electrons. The molecule has 0 aromatic heterocycles. The molecule has 3 aliphatic rings. The molecule has 11 heteroatoms. The Hall–Kier alpha value is -2.28. The highest BCUT2D eigenvalue weighted by molar-refractivity contribution is 7.94. The van der Waals surface area contributed by atoms with E-state index < -0.39 is 41.3 Å². The average molecular weight is 496 g/mol. The fourth-order valence-corrected chi connectivity index (χ4v) is 4.47. The number of hydrogen-bond acceptors (Lipinski definition) is 11. The van der Waals surface area contributed by atoms with E-state index in [0.717, 1.165) is 28.1 Å². The highest BCUT2D eigenvalue weighted by Gasteiger charge is 2.62. The van der Waals surface area contributed by atoms with E-state index in [-0.39, 0.29) is 12.7 Å². The molecule has 1 fully saturated rings. The summed E-state index contributed by atoms with van der Waals surface area (Å²) < 4.78 is 34.6. The second kappa shape index (κ2) is 9.40. The predicted octanol–water partition coefficient (Wildman–Crippen LogP) is 2.73. The van der Waals surface area contributed by atoms with Crippen LogP contribution in [-0.2, 0) is 37.7 Å². The molecular weight excluding hydrogens is 468 g/mol. The molecule has 0 aliphatic carbocycles. The summed E-state index contributed by atoms with van der Waals surface area (Å²) in [5.74, 6) is -4.35. The number of cyclic esters (lactones) is 1. The molecule has 4 atom stereocenters. The van der Waals surface area contributed by atoms with Crippen LogP contribution in [0.25, 0.3) is 5.57 Å². The second-order valence-electron chi connectivity index (χ2n) is 8.46. The number of ether oxygens (including phenoxy) is 5. The summed E-state index contributed by atoms with van der Waals surface area (Å²) in [6.45, 7) is 7.50. The van der Waals surface area contributed by atoms with Crippen molar-refractivity contribution in [1.29, 1.82) is 0 Å². The fourth-order valence-electron chi connectivity index (χ4n) is 4.08. The highest BCUT2D eigenvalue weighted by Crippen LogP contribution is 2.53. The summed E-state index contributed by atoms with van der Waals surface area (Å²) >= 11 is 1.08. The lowest BCUT2D eigenvalue weighted by Gasteiger charge is -2.30. The molecule has 186 valence electrons. The minimum atomic E-state index is -1.74. The summed E-state index contributed by atoms with van der Waals surface area (Å²) in [4.78, 5) is 17.1. The predicted molar refractivity (Wildman–Crippen MR) is 116 cm³/mol. The zero-order valence-corrected chi connectivity index (χ0v) is 20.3. The van der Waals surface area contributed by atoms with Crippen LogP contribution >= 0.6 is 12.0 Å². The van der Waals surface area contributed by atoms with Crippen LogP contribution in [0, 0.1) is 0 Å². The number of carbonyl (C=O) groups excluding carboxylic acids is 1. The van der Waals surface area contributed by atoms with Gasteiger partial charge < -0.3 is 33.9 Å². The smallest absolute Gasteiger partial charge is 0.347 e. The van der Waals surface area contributed by atoms with Crippen LogP contribution in [0.2, 0.25) is 0 Å². The number of aliphatic hydroxyl groups excluding tert-OH is 1. The Balaban J connectivity index is 1.72. The lowest BCUT2D eigenvalue weighted by atomic mass is 9.88. The molecule has 1 spiro atoms. The summed E-state index contributed by atoms with van der Waals surface area (Å²) in [6.07, 6.45) is -1.93. The van der Waals surface area contributed by atoms with E-state index >= 15 is 0 Å². The van der Waals surface area contributed by atoms with Crippen molar-refractivity contribution in [3.05, 3.63) is 47.1 Å². The lowest BCUT2D eigenvalue weighted by Crippen LogP contribution is -2.41. The van der Waals surface area contributed by atoms with Crippen molar-refractivity contribution >= 4 is 23.6 Å². The molecule has 10 nitrogen and oxygen atoms in total. The number of rotatable bonds is 8. The van der Waals surface area contributed by atoms with Crippen LogP contribution < -0.4 is 5.11 Å². The van der Waals surface area contributed by atoms with Crippen LogP contribution in [0.1, 0.15) is 39.7 Å². The molecule has 0 bridgehead atoms. The van der Waals surface area contributed by atoms with Gasteiger partial charge in [-0.05, 0) is 44.9 Å². The third kappa shape index (κ3) is 4.28. The van der Waals surface area contributed by atoms with Gasteiger partial charge in [-0.1, -0.05) is 19.1 Å². The molecule has 4 rings (SSSR count). The van der Waals surface area contributed by atoms with E-state index in [1.807, 2.05) is 52.0 Å². The zero-order chi connectivity index (χ0) is 24.7. The number of esters is 1. The van der Waals surface area contributed by atoms with Crippen molar-refractivity contribution in [2.45, 2.75) is 68.9 Å². The van der Waals surface area contributed by atoms with Crippen molar-refractivity contribution in [2.75, 3.05) is 13.7 Å². The Morgan fingerprint density at radius 1 is 1.29 bits per heavy atom. The lowest BCUT2D eigenvalue weighted by molar-refractivity contribution is -0.344. The first kappa shape index (κ1) is 24.8. The van der Waals surface area contributed by atoms with Gasteiger partial charge in [-0.3, -0.25) is 0 Å². The summed E-state index contributed by atoms with van der Waals surface area (Å²) in [7, 11) is 1.43. The molecule has 1 N–H and O–H groups in total. The Morgan fingerprint density at radius 3 is 2.56 bits per heavy atom. The monoisotopic (exact) mass is 495 g/mol. The Bertz CT molecular complexity index is 1000. The topological polar surface area (TPSA) is 125 Å². The fraction of sp³-hybridized carbons (Fsp3) is 0.522. The number of benzene rings is 1. The first-order valence-corrected chi connectivity index (χ1v) is 11.6. The van der Waals surface area contributed by atoms with Crippen LogP contribution in [0.15, 0.2) is 46.4 Å². The molecule has 1 unspecified atom stereocenters. The molecule has 3 aliphatic heterocycles. The van der Waals surface area contributed by atoms with Crippen molar-refractivity contribution in [3.8, 4) is 0 Å². The quantitative estimate of drug-likeness (QED) is 0.248. The normalized spacial score (nSPS) is 31.3. The van der Waals surface area contributed by atoms with Crippen LogP contribution in [0.4, 0.5) is 0 Å². The van der Waals surface area contributed by atoms with Gasteiger partial charge in [0, 0.05) is 16.2 Å². The first-order valence-electron chi connectivity index (χ1n) is 10.9. The maximum Gasteiger partial charge on any atom is 0.347 e. The first-order chi connectivity index (χ1) is 16.1. The standard InChI is InChI=1S/C23H28O10S/c1-6-22(4)16(13-7-9-14(10-8-13)34-33-27-5)20(29-12(2)3)23(32-22)28-11-15(31-23)19-17(24)18(25)21(26)30-19/h7-10,12,15,19,24-25H,6,11H2,1-5H3/p-1/t15-,19+,22+,23?/m0/s1. The molecule has 34 heavy (non-hydrogen) atoms. The number of carbonyl (C=O) groups is 1. The summed E-state index contributed by atoms with van der Waals surface area (Å²) in [5.41, 5.74) is 0.706. The van der Waals surface area contributed by atoms with Gasteiger partial charge in [0.25, 0.3) is 0 Å². The van der Waals surface area contributed by atoms with E-state index in [4.69, 9.17) is 28.0 Å². The van der Waals surface area contributed by atoms with E-state index in [9.17, 15) is 15.0 Å². The van der Waals surface area contributed by atoms with Gasteiger partial charge in [-0.15, -0.1) is 0 Å². The Morgan fingerprint density at radius 2 is 2.00 bits per heavy atom. The number of aliphatic hydroxyl groups is 1. The largest absolute Gasteiger partial charge is 0.865 e. The van der Waals surface area contributed by atoms with E-state index in [0.29, 0.717) is 12.2 Å². The van der Waals surface area contributed by atoms with Crippen LogP contribution in [-0.4, -0.2) is 54.7 Å². The molecule has 3 heterocycles. The van der Waals surface area contributed by atoms with Crippen molar-refractivity contribution in [3.63, 3.8) is 0 Å². The van der Waals surface area contributed by atoms with Gasteiger partial charge >= 0.3 is 11.9 Å². The van der Waals surface area contributed by atoms with Gasteiger partial charge in [0.2, 0.25) is 0 Å². The SMILES string of the molecule is CC[C@@]1(C)OC2(OC[C@@H]([C@H]3OC(=O)C([O-])=C3O)O2)C(OC(C)C)=C1c1ccc(SOOC)cc1. The third-order valence-corrected chi connectivity index (χ3v) is 6.44. The molecule has 1 aromatic rings. The minimum absolute atomic E-state index is 0.0999. The van der Waals surface area contributed by atoms with E-state index in [1.165, 1.54) is 7.11 Å². The molecule has 0 amide bonds. The van der Waals surface area contributed by atoms with E-state index in [1.54, 1.807) is 0 Å². The average Bonchev–Trinajstić information content (AvgIpc) is 3.42.